The van der Waals surface area contributed by atoms with Crippen LogP contribution in [-0.2, 0) is 10.8 Å². The van der Waals surface area contributed by atoms with Gasteiger partial charge in [0.15, 0.2) is 5.82 Å². The van der Waals surface area contributed by atoms with Crippen molar-refractivity contribution < 1.29 is 0 Å². The van der Waals surface area contributed by atoms with Crippen LogP contribution < -0.4 is 0 Å². The van der Waals surface area contributed by atoms with E-state index in [-0.39, 0.29) is 10.8 Å². The molecule has 0 radical (unpaired) electrons. The average molecular weight is 1020 g/mol. The lowest BCUT2D eigenvalue weighted by Crippen LogP contribution is -2.14. The maximum Gasteiger partial charge on any atom is 0.240 e. The second kappa shape index (κ2) is 17.3. The molecule has 378 valence electrons. The second-order valence-corrected chi connectivity index (χ2v) is 22.8. The third-order valence-electron chi connectivity index (χ3n) is 17.6. The van der Waals surface area contributed by atoms with E-state index in [1.807, 2.05) is 0 Å². The van der Waals surface area contributed by atoms with Crippen LogP contribution in [0.4, 0.5) is 0 Å². The fourth-order valence-corrected chi connectivity index (χ4v) is 13.5. The van der Waals surface area contributed by atoms with Gasteiger partial charge in [-0.3, -0.25) is 9.13 Å². The molecule has 0 N–H and O–H groups in total. The highest BCUT2D eigenvalue weighted by Gasteiger charge is 2.37. The zero-order valence-corrected chi connectivity index (χ0v) is 44.9. The highest BCUT2D eigenvalue weighted by molar-refractivity contribution is 6.12. The summed E-state index contributed by atoms with van der Waals surface area (Å²) in [6, 6.07) is 90.7. The van der Waals surface area contributed by atoms with Crippen LogP contribution in [-0.4, -0.2) is 24.1 Å². The summed E-state index contributed by atoms with van der Waals surface area (Å²) in [5.74, 6) is 1.67. The van der Waals surface area contributed by atoms with Gasteiger partial charge < -0.3 is 0 Å². The molecule has 2 aliphatic carbocycles. The van der Waals surface area contributed by atoms with Crippen molar-refractivity contribution in [3.8, 4) is 90.0 Å². The van der Waals surface area contributed by atoms with Gasteiger partial charge in [0.2, 0.25) is 11.9 Å². The van der Waals surface area contributed by atoms with Crippen LogP contribution in [0.5, 0.6) is 0 Å². The zero-order chi connectivity index (χ0) is 53.4. The Morgan fingerprint density at radius 1 is 0.250 bits per heavy atom. The molecule has 3 aromatic heterocycles. The lowest BCUT2D eigenvalue weighted by molar-refractivity contribution is 0.660. The van der Waals surface area contributed by atoms with Gasteiger partial charge in [-0.1, -0.05) is 216 Å². The van der Waals surface area contributed by atoms with Gasteiger partial charge >= 0.3 is 0 Å². The number of hydrogen-bond acceptors (Lipinski definition) is 3. The quantitative estimate of drug-likeness (QED) is 0.160. The maximum absolute atomic E-state index is 5.59. The monoisotopic (exact) mass is 1020 g/mol. The first-order valence-corrected chi connectivity index (χ1v) is 27.7. The second-order valence-electron chi connectivity index (χ2n) is 22.8. The minimum absolute atomic E-state index is 0.103. The molecule has 2 aliphatic rings. The van der Waals surface area contributed by atoms with E-state index in [0.717, 1.165) is 60.3 Å². The minimum Gasteiger partial charge on any atom is -0.278 e. The maximum atomic E-state index is 5.59. The number of aromatic nitrogens is 5. The van der Waals surface area contributed by atoms with Crippen molar-refractivity contribution in [1.82, 2.24) is 24.1 Å². The normalized spacial score (nSPS) is 13.7. The Kier molecular flexibility index (Phi) is 9.96. The van der Waals surface area contributed by atoms with E-state index in [1.54, 1.807) is 0 Å². The van der Waals surface area contributed by atoms with Crippen LogP contribution in [0.2, 0.25) is 0 Å². The van der Waals surface area contributed by atoms with Crippen LogP contribution in [0.15, 0.2) is 249 Å². The number of nitrogens with zero attached hydrogens (tertiary/aromatic N) is 5. The minimum atomic E-state index is -0.103. The summed E-state index contributed by atoms with van der Waals surface area (Å²) in [7, 11) is 0. The Morgan fingerprint density at radius 3 is 1.14 bits per heavy atom. The summed E-state index contributed by atoms with van der Waals surface area (Å²) in [6.07, 6.45) is 0. The van der Waals surface area contributed by atoms with Crippen molar-refractivity contribution in [2.45, 2.75) is 38.5 Å². The molecule has 16 rings (SSSR count). The molecule has 14 aromatic rings. The molecule has 5 heteroatoms. The number of fused-ring (bicyclic) bond motifs is 12. The van der Waals surface area contributed by atoms with E-state index in [0.29, 0.717) is 17.7 Å². The van der Waals surface area contributed by atoms with Crippen LogP contribution in [0.3, 0.4) is 0 Å². The predicted molar refractivity (Wildman–Crippen MR) is 331 cm³/mol. The molecule has 3 heterocycles. The van der Waals surface area contributed by atoms with Crippen molar-refractivity contribution in [2.24, 2.45) is 0 Å². The molecule has 0 bridgehead atoms. The smallest absolute Gasteiger partial charge is 0.240 e. The summed E-state index contributed by atoms with van der Waals surface area (Å²) < 4.78 is 4.47. The number of rotatable bonds is 7. The van der Waals surface area contributed by atoms with Gasteiger partial charge in [-0.25, -0.2) is 0 Å². The van der Waals surface area contributed by atoms with E-state index >= 15 is 0 Å². The SMILES string of the molecule is CC1(C)c2ccccc2-c2ccc(-c3ccc4c(c3)c3ccccc3n4-c3nc(-c4cccc(-c5cccc(-c6ccccc6)c5)c4)nc(-n4c5ccccc5c5cc(-c6ccc7c(c6)C(C)(C)c6ccccc6-7)ccc54)n3)cc21. The lowest BCUT2D eigenvalue weighted by atomic mass is 9.81. The molecular formula is C75H53N5. The van der Waals surface area contributed by atoms with Gasteiger partial charge in [0.25, 0.3) is 0 Å². The van der Waals surface area contributed by atoms with Crippen LogP contribution in [0.25, 0.3) is 134 Å². The highest BCUT2D eigenvalue weighted by atomic mass is 15.3. The molecule has 80 heavy (non-hydrogen) atoms. The summed E-state index contributed by atoms with van der Waals surface area (Å²) in [5.41, 5.74) is 24.8. The highest BCUT2D eigenvalue weighted by Crippen LogP contribution is 2.51. The van der Waals surface area contributed by atoms with Gasteiger partial charge in [0.1, 0.15) is 0 Å². The molecular weight excluding hydrogens is 971 g/mol. The Bertz CT molecular complexity index is 4650. The van der Waals surface area contributed by atoms with E-state index in [2.05, 4.69) is 286 Å². The molecule has 0 fully saturated rings. The van der Waals surface area contributed by atoms with Gasteiger partial charge in [-0.15, -0.1) is 0 Å². The lowest BCUT2D eigenvalue weighted by Gasteiger charge is -2.22. The first kappa shape index (κ1) is 46.2. The van der Waals surface area contributed by atoms with Gasteiger partial charge in [-0.05, 0) is 150 Å². The summed E-state index contributed by atoms with van der Waals surface area (Å²) in [5, 5.41) is 4.52. The van der Waals surface area contributed by atoms with Crippen molar-refractivity contribution >= 4 is 43.6 Å². The summed E-state index contributed by atoms with van der Waals surface area (Å²) in [6.45, 7) is 9.39. The average Bonchev–Trinajstić information content (AvgIpc) is 4.30. The molecule has 11 aromatic carbocycles. The fourth-order valence-electron chi connectivity index (χ4n) is 13.5. The van der Waals surface area contributed by atoms with Crippen molar-refractivity contribution in [2.75, 3.05) is 0 Å². The molecule has 0 atom stereocenters. The molecule has 0 saturated heterocycles. The van der Waals surface area contributed by atoms with Gasteiger partial charge in [-0.2, -0.15) is 15.0 Å². The largest absolute Gasteiger partial charge is 0.278 e. The third-order valence-corrected chi connectivity index (χ3v) is 17.6. The van der Waals surface area contributed by atoms with Crippen LogP contribution >= 0.6 is 0 Å². The standard InChI is InChI=1S/C75H53N5/c1-74(2)63-28-12-8-24-55(63)57-36-32-52(44-65(57)74)50-34-38-69-61(42-50)59-26-10-14-30-67(59)79(69)72-76-71(54-23-17-22-49(41-54)48-21-16-20-47(40-48)46-18-6-5-7-19-46)77-73(78-72)80-68-31-15-11-27-60(68)62-43-51(35-39-70(62)80)53-33-37-58-56-25-9-13-29-64(56)75(3,4)66(58)45-53/h5-45H,1-4H3. The summed E-state index contributed by atoms with van der Waals surface area (Å²) >= 11 is 0. The number of hydrogen-bond donors (Lipinski definition) is 0. The van der Waals surface area contributed by atoms with E-state index in [1.165, 1.54) is 77.9 Å². The number of benzene rings is 11. The van der Waals surface area contributed by atoms with Crippen LogP contribution in [0, 0.1) is 0 Å². The summed E-state index contributed by atoms with van der Waals surface area (Å²) in [4.78, 5) is 16.6. The molecule has 0 spiro atoms. The molecule has 5 nitrogen and oxygen atoms in total. The molecule has 0 amide bonds. The van der Waals surface area contributed by atoms with Crippen LogP contribution in [0.1, 0.15) is 49.9 Å². The zero-order valence-electron chi connectivity index (χ0n) is 44.9. The van der Waals surface area contributed by atoms with E-state index in [9.17, 15) is 0 Å². The first-order chi connectivity index (χ1) is 39.2. The number of para-hydroxylation sites is 2. The van der Waals surface area contributed by atoms with Crippen molar-refractivity contribution in [3.63, 3.8) is 0 Å². The van der Waals surface area contributed by atoms with Crippen molar-refractivity contribution in [1.29, 1.82) is 0 Å². The molecule has 0 aliphatic heterocycles. The first-order valence-electron chi connectivity index (χ1n) is 27.7. The molecule has 0 saturated carbocycles. The fraction of sp³-hybridized carbons (Fsp3) is 0.0800. The van der Waals surface area contributed by atoms with Gasteiger partial charge in [0, 0.05) is 37.9 Å². The predicted octanol–water partition coefficient (Wildman–Crippen LogP) is 19.0. The topological polar surface area (TPSA) is 48.5 Å². The molecule has 0 unspecified atom stereocenters. The Balaban J connectivity index is 0.880. The Hall–Kier alpha value is -9.97. The third kappa shape index (κ3) is 6.93. The Labute approximate surface area is 464 Å². The Morgan fingerprint density at radius 2 is 0.613 bits per heavy atom. The van der Waals surface area contributed by atoms with Gasteiger partial charge in [0.05, 0.1) is 22.1 Å². The van der Waals surface area contributed by atoms with E-state index in [4.69, 9.17) is 15.0 Å². The van der Waals surface area contributed by atoms with E-state index < -0.39 is 0 Å². The van der Waals surface area contributed by atoms with Crippen molar-refractivity contribution in [3.05, 3.63) is 271 Å².